The normalized spacial score (nSPS) is 14.3. The molecule has 31 heavy (non-hydrogen) atoms. The summed E-state index contributed by atoms with van der Waals surface area (Å²) in [5.74, 6) is -0.531. The molecule has 0 fully saturated rings. The summed E-state index contributed by atoms with van der Waals surface area (Å²) in [7, 11) is 1.24. The second kappa shape index (κ2) is 8.28. The summed E-state index contributed by atoms with van der Waals surface area (Å²) < 4.78 is 15.6. The van der Waals surface area contributed by atoms with Crippen LogP contribution in [0.25, 0.3) is 11.1 Å². The third-order valence-corrected chi connectivity index (χ3v) is 5.57. The highest BCUT2D eigenvalue weighted by Crippen LogP contribution is 2.44. The smallest absolute Gasteiger partial charge is 0.408 e. The highest BCUT2D eigenvalue weighted by Gasteiger charge is 2.34. The molecule has 1 heterocycles. The molecule has 160 valence electrons. The average Bonchev–Trinajstić information content (AvgIpc) is 3.41. The summed E-state index contributed by atoms with van der Waals surface area (Å²) in [6, 6.07) is 19.0. The van der Waals surface area contributed by atoms with Crippen LogP contribution in [-0.2, 0) is 15.0 Å². The van der Waals surface area contributed by atoms with Crippen molar-refractivity contribution >= 4 is 12.1 Å². The number of carbonyl (C=O) groups excluding carboxylic acids is 2. The topological polar surface area (TPSA) is 98.0 Å². The number of furan rings is 1. The fourth-order valence-corrected chi connectivity index (χ4v) is 3.88. The van der Waals surface area contributed by atoms with Gasteiger partial charge in [-0.2, -0.15) is 0 Å². The van der Waals surface area contributed by atoms with Gasteiger partial charge in [-0.25, -0.2) is 9.59 Å². The standard InChI is InChI=1S/C24H23NO6/c1-24(14-26,21-12-11-20(31-21)22(27)29-2)25-23(28)30-13-19-17-9-5-3-7-15(17)16-8-4-6-10-18(16)19/h3-12,19,26H,13-14H2,1-2H3,(H,25,28). The van der Waals surface area contributed by atoms with Gasteiger partial charge in [0.05, 0.1) is 13.7 Å². The van der Waals surface area contributed by atoms with E-state index in [9.17, 15) is 14.7 Å². The second-order valence-electron chi connectivity index (χ2n) is 7.60. The fourth-order valence-electron chi connectivity index (χ4n) is 3.88. The van der Waals surface area contributed by atoms with Gasteiger partial charge in [0.1, 0.15) is 17.9 Å². The maximum atomic E-state index is 12.6. The van der Waals surface area contributed by atoms with Gasteiger partial charge in [-0.1, -0.05) is 48.5 Å². The van der Waals surface area contributed by atoms with Crippen molar-refractivity contribution in [3.63, 3.8) is 0 Å². The number of hydrogen-bond acceptors (Lipinski definition) is 6. The molecule has 1 amide bonds. The number of esters is 1. The Morgan fingerprint density at radius 1 is 1.03 bits per heavy atom. The predicted octanol–water partition coefficient (Wildman–Crippen LogP) is 3.81. The number of methoxy groups -OCH3 is 1. The summed E-state index contributed by atoms with van der Waals surface area (Å²) in [6.45, 7) is 1.27. The molecule has 1 unspecified atom stereocenters. The number of aliphatic hydroxyl groups is 1. The summed E-state index contributed by atoms with van der Waals surface area (Å²) in [5.41, 5.74) is 3.22. The second-order valence-corrected chi connectivity index (χ2v) is 7.60. The molecule has 7 heteroatoms. The number of alkyl carbamates (subject to hydrolysis) is 1. The van der Waals surface area contributed by atoms with Crippen LogP contribution in [0.15, 0.2) is 65.1 Å². The molecule has 0 saturated heterocycles. The molecule has 2 N–H and O–H groups in total. The van der Waals surface area contributed by atoms with Crippen LogP contribution in [0.5, 0.6) is 0 Å². The van der Waals surface area contributed by atoms with Crippen molar-refractivity contribution in [3.8, 4) is 11.1 Å². The van der Waals surface area contributed by atoms with E-state index in [0.29, 0.717) is 0 Å². The van der Waals surface area contributed by atoms with Crippen molar-refractivity contribution in [1.82, 2.24) is 5.32 Å². The van der Waals surface area contributed by atoms with Crippen LogP contribution < -0.4 is 5.32 Å². The molecular formula is C24H23NO6. The average molecular weight is 421 g/mol. The van der Waals surface area contributed by atoms with Crippen LogP contribution in [0, 0.1) is 0 Å². The van der Waals surface area contributed by atoms with E-state index in [1.807, 2.05) is 36.4 Å². The zero-order valence-corrected chi connectivity index (χ0v) is 17.3. The molecule has 1 atom stereocenters. The largest absolute Gasteiger partial charge is 0.463 e. The minimum Gasteiger partial charge on any atom is -0.463 e. The number of nitrogens with one attached hydrogen (secondary N) is 1. The first-order valence-electron chi connectivity index (χ1n) is 9.89. The van der Waals surface area contributed by atoms with E-state index < -0.39 is 24.2 Å². The number of rotatable bonds is 6. The molecule has 0 spiro atoms. The number of aliphatic hydroxyl groups excluding tert-OH is 1. The van der Waals surface area contributed by atoms with Crippen molar-refractivity contribution in [2.45, 2.75) is 18.4 Å². The number of fused-ring (bicyclic) bond motifs is 3. The van der Waals surface area contributed by atoms with Gasteiger partial charge in [-0.15, -0.1) is 0 Å². The number of amides is 1. The number of carbonyl (C=O) groups is 2. The van der Waals surface area contributed by atoms with Gasteiger partial charge < -0.3 is 24.3 Å². The van der Waals surface area contributed by atoms with Gasteiger partial charge in [-0.05, 0) is 41.3 Å². The van der Waals surface area contributed by atoms with Crippen molar-refractivity contribution in [3.05, 3.63) is 83.3 Å². The molecule has 0 radical (unpaired) electrons. The third kappa shape index (κ3) is 3.80. The predicted molar refractivity (Wildman–Crippen MR) is 113 cm³/mol. The molecule has 4 rings (SSSR count). The molecule has 0 aliphatic heterocycles. The maximum absolute atomic E-state index is 12.6. The Morgan fingerprint density at radius 3 is 2.23 bits per heavy atom. The molecule has 1 aliphatic rings. The van der Waals surface area contributed by atoms with Gasteiger partial charge in [0.2, 0.25) is 5.76 Å². The van der Waals surface area contributed by atoms with E-state index in [0.717, 1.165) is 22.3 Å². The first-order chi connectivity index (χ1) is 15.0. The lowest BCUT2D eigenvalue weighted by Gasteiger charge is -2.26. The van der Waals surface area contributed by atoms with Crippen LogP contribution in [0.1, 0.15) is 40.3 Å². The number of ether oxygens (including phenoxy) is 2. The molecule has 7 nitrogen and oxygen atoms in total. The molecule has 2 aromatic carbocycles. The van der Waals surface area contributed by atoms with Crippen LogP contribution >= 0.6 is 0 Å². The van der Waals surface area contributed by atoms with Gasteiger partial charge in [0.25, 0.3) is 0 Å². The molecule has 0 saturated carbocycles. The fraction of sp³-hybridized carbons (Fsp3) is 0.250. The minimum atomic E-state index is -1.27. The lowest BCUT2D eigenvalue weighted by atomic mass is 9.98. The highest BCUT2D eigenvalue weighted by atomic mass is 16.6. The Kier molecular flexibility index (Phi) is 5.52. The van der Waals surface area contributed by atoms with Crippen LogP contribution in [0.3, 0.4) is 0 Å². The molecule has 1 aliphatic carbocycles. The van der Waals surface area contributed by atoms with Gasteiger partial charge in [0.15, 0.2) is 0 Å². The maximum Gasteiger partial charge on any atom is 0.408 e. The highest BCUT2D eigenvalue weighted by molar-refractivity contribution is 5.86. The Balaban J connectivity index is 1.48. The Hall–Kier alpha value is -3.58. The lowest BCUT2D eigenvalue weighted by Crippen LogP contribution is -2.46. The zero-order valence-electron chi connectivity index (χ0n) is 17.3. The van der Waals surface area contributed by atoms with Crippen molar-refractivity contribution in [1.29, 1.82) is 0 Å². The van der Waals surface area contributed by atoms with Crippen LogP contribution in [-0.4, -0.2) is 37.5 Å². The number of hydrogen-bond donors (Lipinski definition) is 2. The van der Waals surface area contributed by atoms with Crippen molar-refractivity contribution in [2.24, 2.45) is 0 Å². The summed E-state index contributed by atoms with van der Waals surface area (Å²) in [4.78, 5) is 24.2. The zero-order chi connectivity index (χ0) is 22.0. The molecular weight excluding hydrogens is 398 g/mol. The third-order valence-electron chi connectivity index (χ3n) is 5.57. The lowest BCUT2D eigenvalue weighted by molar-refractivity contribution is 0.0554. The first kappa shape index (κ1) is 20.7. The Labute approximate surface area is 179 Å². The minimum absolute atomic E-state index is 0.0217. The van der Waals surface area contributed by atoms with E-state index in [1.165, 1.54) is 19.2 Å². The Bertz CT molecular complexity index is 1080. The molecule has 0 bridgehead atoms. The summed E-state index contributed by atoms with van der Waals surface area (Å²) >= 11 is 0. The molecule has 3 aromatic rings. The van der Waals surface area contributed by atoms with Crippen LogP contribution in [0.4, 0.5) is 4.79 Å². The monoisotopic (exact) mass is 421 g/mol. The SMILES string of the molecule is COC(=O)c1ccc(C(C)(CO)NC(=O)OCC2c3ccccc3-c3ccccc32)o1. The van der Waals surface area contributed by atoms with E-state index in [-0.39, 0.29) is 24.0 Å². The number of benzene rings is 2. The van der Waals surface area contributed by atoms with E-state index in [4.69, 9.17) is 9.15 Å². The quantitative estimate of drug-likeness (QED) is 0.588. The molecule has 1 aromatic heterocycles. The Morgan fingerprint density at radius 2 is 1.65 bits per heavy atom. The van der Waals surface area contributed by atoms with Crippen molar-refractivity contribution < 1.29 is 28.6 Å². The van der Waals surface area contributed by atoms with Crippen molar-refractivity contribution in [2.75, 3.05) is 20.3 Å². The van der Waals surface area contributed by atoms with E-state index >= 15 is 0 Å². The van der Waals surface area contributed by atoms with Gasteiger partial charge in [0, 0.05) is 5.92 Å². The van der Waals surface area contributed by atoms with E-state index in [2.05, 4.69) is 22.2 Å². The van der Waals surface area contributed by atoms with E-state index in [1.54, 1.807) is 6.92 Å². The van der Waals surface area contributed by atoms with Gasteiger partial charge >= 0.3 is 12.1 Å². The summed E-state index contributed by atoms with van der Waals surface area (Å²) in [5, 5.41) is 12.5. The first-order valence-corrected chi connectivity index (χ1v) is 9.89. The van der Waals surface area contributed by atoms with Gasteiger partial charge in [-0.3, -0.25) is 0 Å². The van der Waals surface area contributed by atoms with Crippen LogP contribution in [0.2, 0.25) is 0 Å². The summed E-state index contributed by atoms with van der Waals surface area (Å²) in [6.07, 6.45) is -0.700.